The fraction of sp³-hybridized carbons (Fsp3) is 0.231. The van der Waals surface area contributed by atoms with E-state index in [2.05, 4.69) is 31.9 Å². The number of benzene rings is 1. The Morgan fingerprint density at radius 1 is 1.11 bits per heavy atom. The molecule has 0 radical (unpaired) electrons. The Bertz CT molecular complexity index is 583. The van der Waals surface area contributed by atoms with E-state index in [9.17, 15) is 5.11 Å². The number of halogens is 2. The van der Waals surface area contributed by atoms with Gasteiger partial charge in [0.1, 0.15) is 17.6 Å². The minimum absolute atomic E-state index is 0.627. The van der Waals surface area contributed by atoms with Gasteiger partial charge in [0.15, 0.2) is 0 Å². The summed E-state index contributed by atoms with van der Waals surface area (Å²) >= 11 is 8.38. The predicted octanol–water partition coefficient (Wildman–Crippen LogP) is 4.37. The Morgan fingerprint density at radius 2 is 1.84 bits per heavy atom. The van der Waals surface area contributed by atoms with Crippen molar-refractivity contribution >= 4 is 43.2 Å². The minimum atomic E-state index is -0.776. The van der Waals surface area contributed by atoms with Crippen molar-refractivity contribution in [1.82, 2.24) is 0 Å². The van der Waals surface area contributed by atoms with Gasteiger partial charge in [-0.15, -0.1) is 11.3 Å². The Kier molecular flexibility index (Phi) is 4.89. The van der Waals surface area contributed by atoms with Crippen molar-refractivity contribution in [1.29, 1.82) is 0 Å². The number of rotatable bonds is 4. The van der Waals surface area contributed by atoms with Crippen LogP contribution < -0.4 is 9.47 Å². The van der Waals surface area contributed by atoms with Crippen molar-refractivity contribution in [2.75, 3.05) is 14.2 Å². The predicted molar refractivity (Wildman–Crippen MR) is 83.3 cm³/mol. The molecule has 0 fully saturated rings. The summed E-state index contributed by atoms with van der Waals surface area (Å²) in [5.41, 5.74) is 1.47. The Balaban J connectivity index is 2.47. The van der Waals surface area contributed by atoms with Crippen molar-refractivity contribution in [3.05, 3.63) is 43.0 Å². The molecule has 1 aromatic heterocycles. The monoisotopic (exact) mass is 406 g/mol. The third-order valence-electron chi connectivity index (χ3n) is 2.71. The largest absolute Gasteiger partial charge is 0.497 e. The van der Waals surface area contributed by atoms with Crippen LogP contribution in [-0.2, 0) is 0 Å². The number of hydrogen-bond acceptors (Lipinski definition) is 4. The molecule has 1 heterocycles. The van der Waals surface area contributed by atoms with Crippen LogP contribution in [-0.4, -0.2) is 19.3 Å². The summed E-state index contributed by atoms with van der Waals surface area (Å²) in [7, 11) is 3.17. The summed E-state index contributed by atoms with van der Waals surface area (Å²) in [5.74, 6) is 1.31. The molecule has 6 heteroatoms. The van der Waals surface area contributed by atoms with Crippen LogP contribution in [0.3, 0.4) is 0 Å². The van der Waals surface area contributed by atoms with E-state index in [1.807, 2.05) is 6.07 Å². The van der Waals surface area contributed by atoms with E-state index in [1.54, 1.807) is 32.4 Å². The van der Waals surface area contributed by atoms with E-state index in [-0.39, 0.29) is 0 Å². The molecule has 1 aromatic carbocycles. The van der Waals surface area contributed by atoms with Crippen LogP contribution in [0.1, 0.15) is 17.2 Å². The summed E-state index contributed by atoms with van der Waals surface area (Å²) in [4.78, 5) is 0. The first kappa shape index (κ1) is 14.8. The normalized spacial score (nSPS) is 12.3. The molecule has 19 heavy (non-hydrogen) atoms. The molecule has 0 aliphatic carbocycles. The molecular formula is C13H12Br2O3S. The van der Waals surface area contributed by atoms with Gasteiger partial charge in [-0.3, -0.25) is 0 Å². The Morgan fingerprint density at radius 3 is 2.37 bits per heavy atom. The molecule has 0 saturated carbocycles. The third kappa shape index (κ3) is 3.13. The second-order valence-corrected chi connectivity index (χ2v) is 7.54. The standard InChI is InChI=1S/C13H12Br2O3S/c1-17-7-3-4-10(18-2)8(5-7)12(16)9-6-11(14)19-13(9)15/h3-6,12,16H,1-2H3. The second kappa shape index (κ2) is 6.26. The van der Waals surface area contributed by atoms with E-state index in [1.165, 1.54) is 11.3 Å². The van der Waals surface area contributed by atoms with Gasteiger partial charge in [-0.1, -0.05) is 0 Å². The summed E-state index contributed by atoms with van der Waals surface area (Å²) in [6, 6.07) is 7.25. The van der Waals surface area contributed by atoms with Crippen LogP contribution in [0.5, 0.6) is 11.5 Å². The lowest BCUT2D eigenvalue weighted by atomic mass is 10.0. The van der Waals surface area contributed by atoms with E-state index in [0.29, 0.717) is 17.1 Å². The first-order chi connectivity index (χ1) is 9.06. The van der Waals surface area contributed by atoms with E-state index >= 15 is 0 Å². The fourth-order valence-electron chi connectivity index (χ4n) is 1.76. The van der Waals surface area contributed by atoms with Gasteiger partial charge in [-0.25, -0.2) is 0 Å². The van der Waals surface area contributed by atoms with Crippen LogP contribution in [0, 0.1) is 0 Å². The highest BCUT2D eigenvalue weighted by Crippen LogP contribution is 2.40. The van der Waals surface area contributed by atoms with Gasteiger partial charge in [0.05, 0.1) is 21.8 Å². The van der Waals surface area contributed by atoms with Crippen LogP contribution in [0.15, 0.2) is 31.8 Å². The molecule has 0 bridgehead atoms. The average Bonchev–Trinajstić information content (AvgIpc) is 2.76. The van der Waals surface area contributed by atoms with Gasteiger partial charge in [0.25, 0.3) is 0 Å². The fourth-order valence-corrected chi connectivity index (χ4v) is 4.64. The minimum Gasteiger partial charge on any atom is -0.497 e. The van der Waals surface area contributed by atoms with Gasteiger partial charge in [-0.05, 0) is 56.1 Å². The molecule has 1 atom stereocenters. The first-order valence-corrected chi connectivity index (χ1v) is 7.81. The van der Waals surface area contributed by atoms with Crippen LogP contribution in [0.25, 0.3) is 0 Å². The summed E-state index contributed by atoms with van der Waals surface area (Å²) in [6.07, 6.45) is -0.776. The maximum atomic E-state index is 10.5. The SMILES string of the molecule is COc1ccc(OC)c(C(O)c2cc(Br)sc2Br)c1. The molecule has 2 aromatic rings. The molecule has 0 amide bonds. The number of ether oxygens (including phenoxy) is 2. The maximum absolute atomic E-state index is 10.5. The maximum Gasteiger partial charge on any atom is 0.125 e. The Labute approximate surface area is 132 Å². The van der Waals surface area contributed by atoms with Gasteiger partial charge in [0, 0.05) is 11.1 Å². The zero-order valence-electron chi connectivity index (χ0n) is 10.3. The van der Waals surface area contributed by atoms with Crippen molar-refractivity contribution in [3.63, 3.8) is 0 Å². The average molecular weight is 408 g/mol. The van der Waals surface area contributed by atoms with Gasteiger partial charge < -0.3 is 14.6 Å². The number of hydrogen-bond donors (Lipinski definition) is 1. The second-order valence-electron chi connectivity index (χ2n) is 3.79. The summed E-state index contributed by atoms with van der Waals surface area (Å²) in [5, 5.41) is 10.5. The topological polar surface area (TPSA) is 38.7 Å². The van der Waals surface area contributed by atoms with Crippen molar-refractivity contribution < 1.29 is 14.6 Å². The van der Waals surface area contributed by atoms with Crippen molar-refractivity contribution in [2.24, 2.45) is 0 Å². The zero-order chi connectivity index (χ0) is 14.0. The summed E-state index contributed by atoms with van der Waals surface area (Å²) < 4.78 is 12.3. The molecule has 1 unspecified atom stereocenters. The number of methoxy groups -OCH3 is 2. The molecule has 2 rings (SSSR count). The van der Waals surface area contributed by atoms with Crippen molar-refractivity contribution in [3.8, 4) is 11.5 Å². The lowest BCUT2D eigenvalue weighted by Gasteiger charge is -2.15. The lowest BCUT2D eigenvalue weighted by Crippen LogP contribution is -2.02. The molecule has 0 spiro atoms. The molecule has 0 aliphatic rings. The summed E-state index contributed by atoms with van der Waals surface area (Å²) in [6.45, 7) is 0. The van der Waals surface area contributed by atoms with Gasteiger partial charge in [-0.2, -0.15) is 0 Å². The van der Waals surface area contributed by atoms with E-state index < -0.39 is 6.10 Å². The van der Waals surface area contributed by atoms with Gasteiger partial charge >= 0.3 is 0 Å². The van der Waals surface area contributed by atoms with E-state index in [0.717, 1.165) is 13.1 Å². The zero-order valence-corrected chi connectivity index (χ0v) is 14.3. The lowest BCUT2D eigenvalue weighted by molar-refractivity contribution is 0.214. The first-order valence-electron chi connectivity index (χ1n) is 5.41. The molecule has 0 saturated heterocycles. The highest BCUT2D eigenvalue weighted by Gasteiger charge is 2.20. The molecule has 1 N–H and O–H groups in total. The molecule has 3 nitrogen and oxygen atoms in total. The quantitative estimate of drug-likeness (QED) is 0.817. The number of thiophene rings is 1. The smallest absolute Gasteiger partial charge is 0.125 e. The highest BCUT2D eigenvalue weighted by molar-refractivity contribution is 9.12. The molecule has 102 valence electrons. The van der Waals surface area contributed by atoms with E-state index in [4.69, 9.17) is 9.47 Å². The van der Waals surface area contributed by atoms with Crippen LogP contribution in [0.2, 0.25) is 0 Å². The van der Waals surface area contributed by atoms with Gasteiger partial charge in [0.2, 0.25) is 0 Å². The van der Waals surface area contributed by atoms with Crippen LogP contribution >= 0.6 is 43.2 Å². The highest BCUT2D eigenvalue weighted by atomic mass is 79.9. The van der Waals surface area contributed by atoms with Crippen LogP contribution in [0.4, 0.5) is 0 Å². The molecule has 0 aliphatic heterocycles. The molecular weight excluding hydrogens is 396 g/mol. The Hall–Kier alpha value is -0.560. The number of aliphatic hydroxyl groups is 1. The van der Waals surface area contributed by atoms with Crippen molar-refractivity contribution in [2.45, 2.75) is 6.10 Å². The third-order valence-corrected chi connectivity index (χ3v) is 5.09. The number of aliphatic hydroxyl groups excluding tert-OH is 1.